The Balaban J connectivity index is 2.06. The van der Waals surface area contributed by atoms with E-state index >= 15 is 0 Å². The molecule has 0 spiro atoms. The molecule has 4 heteroatoms. The molecule has 0 saturated heterocycles. The third kappa shape index (κ3) is 9.97. The van der Waals surface area contributed by atoms with Gasteiger partial charge in [0.2, 0.25) is 0 Å². The van der Waals surface area contributed by atoms with Crippen LogP contribution in [0.15, 0.2) is 30.3 Å². The van der Waals surface area contributed by atoms with E-state index in [1.165, 1.54) is 31.2 Å². The average Bonchev–Trinajstić information content (AvgIpc) is 2.42. The Kier molecular flexibility index (Phi) is 9.10. The van der Waals surface area contributed by atoms with Crippen LogP contribution in [0.4, 0.5) is 0 Å². The maximum absolute atomic E-state index is 8.60. The summed E-state index contributed by atoms with van der Waals surface area (Å²) in [5, 5.41) is 0. The van der Waals surface area contributed by atoms with E-state index in [-0.39, 0.29) is 0 Å². The van der Waals surface area contributed by atoms with E-state index in [1.54, 1.807) is 0 Å². The molecule has 0 aliphatic heterocycles. The van der Waals surface area contributed by atoms with E-state index in [0.717, 1.165) is 19.3 Å². The quantitative estimate of drug-likeness (QED) is 0.455. The van der Waals surface area contributed by atoms with Crippen LogP contribution in [0.3, 0.4) is 0 Å². The molecule has 0 fully saturated rings. The lowest BCUT2D eigenvalue weighted by Crippen LogP contribution is -2.14. The van der Waals surface area contributed by atoms with Crippen LogP contribution in [0.1, 0.15) is 57.9 Å². The van der Waals surface area contributed by atoms with Gasteiger partial charge >= 0.3 is 8.60 Å². The largest absolute Gasteiger partial charge is 0.328 e. The van der Waals surface area contributed by atoms with Crippen LogP contribution in [0.2, 0.25) is 0 Å². The topological polar surface area (TPSA) is 49.7 Å². The van der Waals surface area contributed by atoms with Crippen molar-refractivity contribution >= 4 is 8.60 Å². The van der Waals surface area contributed by atoms with E-state index in [2.05, 4.69) is 44.2 Å². The van der Waals surface area contributed by atoms with Crippen molar-refractivity contribution in [1.29, 1.82) is 0 Å². The van der Waals surface area contributed by atoms with Gasteiger partial charge in [-0.05, 0) is 30.2 Å². The number of hydrogen-bond donors (Lipinski definition) is 2. The summed E-state index contributed by atoms with van der Waals surface area (Å²) in [6.07, 6.45) is 8.09. The van der Waals surface area contributed by atoms with Crippen LogP contribution >= 0.6 is 8.60 Å². The van der Waals surface area contributed by atoms with E-state index < -0.39 is 8.60 Å². The van der Waals surface area contributed by atoms with Gasteiger partial charge in [-0.15, -0.1) is 0 Å². The van der Waals surface area contributed by atoms with Gasteiger partial charge in [-0.25, -0.2) is 0 Å². The number of hydrogen-bond acceptors (Lipinski definition) is 3. The lowest BCUT2D eigenvalue weighted by Gasteiger charge is -2.24. The zero-order chi connectivity index (χ0) is 15.6. The van der Waals surface area contributed by atoms with Gasteiger partial charge in [-0.1, -0.05) is 69.9 Å². The maximum atomic E-state index is 8.60. The number of benzene rings is 1. The van der Waals surface area contributed by atoms with Gasteiger partial charge in [0.1, 0.15) is 0 Å². The summed E-state index contributed by atoms with van der Waals surface area (Å²) < 4.78 is 4.74. The third-order valence-corrected chi connectivity index (χ3v) is 4.14. The monoisotopic (exact) mass is 312 g/mol. The summed E-state index contributed by atoms with van der Waals surface area (Å²) in [6.45, 7) is 5.15. The van der Waals surface area contributed by atoms with Crippen LogP contribution in [0.5, 0.6) is 0 Å². The van der Waals surface area contributed by atoms with Crippen molar-refractivity contribution in [3.8, 4) is 0 Å². The van der Waals surface area contributed by atoms with E-state index in [9.17, 15) is 0 Å². The highest BCUT2D eigenvalue weighted by Crippen LogP contribution is 2.29. The van der Waals surface area contributed by atoms with Crippen LogP contribution in [-0.4, -0.2) is 16.4 Å². The van der Waals surface area contributed by atoms with Crippen molar-refractivity contribution in [3.63, 3.8) is 0 Å². The number of unbranched alkanes of at least 4 members (excludes halogenated alkanes) is 4. The Hall–Kier alpha value is -0.470. The molecule has 1 rings (SSSR count). The standard InChI is InChI=1S/C17H29O3P/c1-17(2,15-16-11-7-6-8-12-16)13-9-4-3-5-10-14-20-21(18)19/h6-8,11-12,18-19H,3-5,9-10,13-15H2,1-2H3. The molecular formula is C17H29O3P. The highest BCUT2D eigenvalue weighted by molar-refractivity contribution is 7.39. The highest BCUT2D eigenvalue weighted by Gasteiger charge is 2.17. The van der Waals surface area contributed by atoms with Gasteiger partial charge in [0.05, 0.1) is 6.61 Å². The van der Waals surface area contributed by atoms with Gasteiger partial charge in [-0.3, -0.25) is 0 Å². The van der Waals surface area contributed by atoms with Crippen LogP contribution in [0, 0.1) is 5.41 Å². The molecule has 0 bridgehead atoms. The molecule has 21 heavy (non-hydrogen) atoms. The third-order valence-electron chi connectivity index (χ3n) is 3.73. The zero-order valence-electron chi connectivity index (χ0n) is 13.3. The van der Waals surface area contributed by atoms with Crippen molar-refractivity contribution in [2.45, 2.75) is 58.8 Å². The van der Waals surface area contributed by atoms with Crippen molar-refractivity contribution in [2.75, 3.05) is 6.61 Å². The summed E-state index contributed by atoms with van der Waals surface area (Å²) in [6, 6.07) is 10.7. The minimum absolute atomic E-state index is 0.355. The molecule has 2 N–H and O–H groups in total. The van der Waals surface area contributed by atoms with E-state index in [0.29, 0.717) is 12.0 Å². The lowest BCUT2D eigenvalue weighted by atomic mass is 9.81. The molecule has 0 radical (unpaired) electrons. The van der Waals surface area contributed by atoms with E-state index in [1.807, 2.05) is 0 Å². The second-order valence-electron chi connectivity index (χ2n) is 6.43. The first-order chi connectivity index (χ1) is 9.99. The fourth-order valence-corrected chi connectivity index (χ4v) is 2.91. The maximum Gasteiger partial charge on any atom is 0.327 e. The molecular weight excluding hydrogens is 283 g/mol. The molecule has 0 unspecified atom stereocenters. The van der Waals surface area contributed by atoms with Crippen molar-refractivity contribution in [1.82, 2.24) is 0 Å². The number of rotatable bonds is 11. The predicted molar refractivity (Wildman–Crippen MR) is 88.9 cm³/mol. The van der Waals surface area contributed by atoms with Crippen molar-refractivity contribution in [3.05, 3.63) is 35.9 Å². The Morgan fingerprint density at radius 3 is 2.24 bits per heavy atom. The minimum Gasteiger partial charge on any atom is -0.328 e. The predicted octanol–water partition coefficient (Wildman–Crippen LogP) is 4.82. The Bertz CT molecular complexity index is 366. The summed E-state index contributed by atoms with van der Waals surface area (Å²) in [5.74, 6) is 0. The second kappa shape index (κ2) is 10.3. The fourth-order valence-electron chi connectivity index (χ4n) is 2.62. The van der Waals surface area contributed by atoms with Crippen LogP contribution in [0.25, 0.3) is 0 Å². The molecule has 0 atom stereocenters. The lowest BCUT2D eigenvalue weighted by molar-refractivity contribution is 0.247. The smallest absolute Gasteiger partial charge is 0.327 e. The van der Waals surface area contributed by atoms with Gasteiger partial charge in [-0.2, -0.15) is 0 Å². The summed E-state index contributed by atoms with van der Waals surface area (Å²) in [5.41, 5.74) is 1.78. The zero-order valence-corrected chi connectivity index (χ0v) is 14.2. The van der Waals surface area contributed by atoms with Gasteiger partial charge in [0.15, 0.2) is 0 Å². The minimum atomic E-state index is -2.17. The Morgan fingerprint density at radius 1 is 0.952 bits per heavy atom. The second-order valence-corrected chi connectivity index (χ2v) is 7.19. The highest BCUT2D eigenvalue weighted by atomic mass is 31.2. The molecule has 0 amide bonds. The molecule has 0 aromatic heterocycles. The molecule has 0 heterocycles. The molecule has 1 aromatic rings. The first-order valence-electron chi connectivity index (χ1n) is 7.84. The molecule has 0 aliphatic rings. The van der Waals surface area contributed by atoms with Crippen LogP contribution in [-0.2, 0) is 10.9 Å². The van der Waals surface area contributed by atoms with E-state index in [4.69, 9.17) is 14.3 Å². The fraction of sp³-hybridized carbons (Fsp3) is 0.647. The summed E-state index contributed by atoms with van der Waals surface area (Å²) in [4.78, 5) is 17.2. The first kappa shape index (κ1) is 18.6. The van der Waals surface area contributed by atoms with Crippen LogP contribution < -0.4 is 0 Å². The normalized spacial score (nSPS) is 12.0. The average molecular weight is 312 g/mol. The van der Waals surface area contributed by atoms with Gasteiger partial charge in [0, 0.05) is 0 Å². The molecule has 0 saturated carbocycles. The first-order valence-corrected chi connectivity index (χ1v) is 9.01. The molecule has 3 nitrogen and oxygen atoms in total. The molecule has 1 aromatic carbocycles. The Morgan fingerprint density at radius 2 is 1.57 bits per heavy atom. The Labute approximate surface area is 130 Å². The summed E-state index contributed by atoms with van der Waals surface area (Å²) in [7, 11) is -2.17. The van der Waals surface area contributed by atoms with Gasteiger partial charge in [0.25, 0.3) is 0 Å². The van der Waals surface area contributed by atoms with Crippen molar-refractivity contribution < 1.29 is 14.3 Å². The van der Waals surface area contributed by atoms with Gasteiger partial charge < -0.3 is 14.3 Å². The molecule has 120 valence electrons. The van der Waals surface area contributed by atoms with Crippen molar-refractivity contribution in [2.24, 2.45) is 5.41 Å². The summed E-state index contributed by atoms with van der Waals surface area (Å²) >= 11 is 0. The SMILES string of the molecule is CC(C)(CCCCCCCOP(O)O)Cc1ccccc1. The molecule has 0 aliphatic carbocycles.